The quantitative estimate of drug-likeness (QED) is 0.831. The van der Waals surface area contributed by atoms with Crippen LogP contribution in [0.4, 0.5) is 0 Å². The number of hydrogen-bond donors (Lipinski definition) is 1. The molecule has 1 aromatic rings. The van der Waals surface area contributed by atoms with Crippen LogP contribution in [0.2, 0.25) is 0 Å². The largest absolute Gasteiger partial charge is 0.339 e. The van der Waals surface area contributed by atoms with Crippen molar-refractivity contribution in [2.45, 2.75) is 75.8 Å². The molecule has 0 aromatic carbocycles. The van der Waals surface area contributed by atoms with Crippen LogP contribution in [0.1, 0.15) is 70.5 Å². The molecule has 0 unspecified atom stereocenters. The fraction of sp³-hybridized carbons (Fsp3) is 0.867. The standard InChI is InChI=1S/C15H27N3OS/c1-4-9-16-13-7-5-12(6-8-13)15-17-14(18-19-15)10-20-11(2)3/h11-13,16H,4-10H2,1-3H3. The highest BCUT2D eigenvalue weighted by Crippen LogP contribution is 2.32. The Bertz CT molecular complexity index is 386. The average Bonchev–Trinajstić information content (AvgIpc) is 2.92. The second-order valence-corrected chi connectivity index (χ2v) is 7.48. The lowest BCUT2D eigenvalue weighted by Gasteiger charge is -2.27. The van der Waals surface area contributed by atoms with E-state index < -0.39 is 0 Å². The van der Waals surface area contributed by atoms with Crippen molar-refractivity contribution < 1.29 is 4.52 Å². The Balaban J connectivity index is 1.78. The van der Waals surface area contributed by atoms with E-state index in [2.05, 4.69) is 36.2 Å². The molecule has 0 radical (unpaired) electrons. The SMILES string of the molecule is CCCNC1CCC(c2nc(CSC(C)C)no2)CC1. The Morgan fingerprint density at radius 2 is 2.05 bits per heavy atom. The molecule has 0 saturated heterocycles. The summed E-state index contributed by atoms with van der Waals surface area (Å²) < 4.78 is 5.46. The molecule has 0 atom stereocenters. The lowest BCUT2D eigenvalue weighted by molar-refractivity contribution is 0.282. The molecule has 1 heterocycles. The first kappa shape index (κ1) is 15.8. The smallest absolute Gasteiger partial charge is 0.229 e. The number of thioether (sulfide) groups is 1. The Kier molecular flexibility index (Phi) is 6.36. The van der Waals surface area contributed by atoms with Crippen LogP contribution in [0.15, 0.2) is 4.52 Å². The number of aromatic nitrogens is 2. The van der Waals surface area contributed by atoms with Gasteiger partial charge >= 0.3 is 0 Å². The molecule has 1 fully saturated rings. The van der Waals surface area contributed by atoms with E-state index in [1.54, 1.807) is 0 Å². The summed E-state index contributed by atoms with van der Waals surface area (Å²) >= 11 is 1.86. The maximum atomic E-state index is 5.46. The first-order chi connectivity index (χ1) is 9.69. The van der Waals surface area contributed by atoms with E-state index in [9.17, 15) is 0 Å². The Hall–Kier alpha value is -0.550. The molecule has 1 saturated carbocycles. The van der Waals surface area contributed by atoms with E-state index in [0.29, 0.717) is 17.2 Å². The van der Waals surface area contributed by atoms with Gasteiger partial charge in [0.1, 0.15) is 0 Å². The second-order valence-electron chi connectivity index (χ2n) is 5.91. The first-order valence-corrected chi connectivity index (χ1v) is 8.91. The van der Waals surface area contributed by atoms with Gasteiger partial charge in [-0.25, -0.2) is 0 Å². The van der Waals surface area contributed by atoms with E-state index in [4.69, 9.17) is 4.52 Å². The summed E-state index contributed by atoms with van der Waals surface area (Å²) in [7, 11) is 0. The molecule has 0 aliphatic heterocycles. The molecule has 4 nitrogen and oxygen atoms in total. The Morgan fingerprint density at radius 1 is 1.30 bits per heavy atom. The summed E-state index contributed by atoms with van der Waals surface area (Å²) in [6.45, 7) is 7.73. The van der Waals surface area contributed by atoms with Gasteiger partial charge in [-0.15, -0.1) is 0 Å². The van der Waals surface area contributed by atoms with Gasteiger partial charge in [0.2, 0.25) is 5.89 Å². The van der Waals surface area contributed by atoms with Gasteiger partial charge in [0.05, 0.1) is 5.75 Å². The van der Waals surface area contributed by atoms with Gasteiger partial charge in [0.15, 0.2) is 5.82 Å². The third kappa shape index (κ3) is 4.77. The number of nitrogens with zero attached hydrogens (tertiary/aromatic N) is 2. The lowest BCUT2D eigenvalue weighted by Crippen LogP contribution is -2.33. The molecule has 114 valence electrons. The molecule has 0 bridgehead atoms. The molecule has 2 rings (SSSR count). The minimum atomic E-state index is 0.472. The van der Waals surface area contributed by atoms with Crippen LogP contribution in [0.3, 0.4) is 0 Å². The number of nitrogens with one attached hydrogen (secondary N) is 1. The van der Waals surface area contributed by atoms with Gasteiger partial charge in [-0.2, -0.15) is 16.7 Å². The van der Waals surface area contributed by atoms with Crippen LogP contribution >= 0.6 is 11.8 Å². The van der Waals surface area contributed by atoms with Crippen molar-refractivity contribution in [2.24, 2.45) is 0 Å². The summed E-state index contributed by atoms with van der Waals surface area (Å²) in [5.41, 5.74) is 0. The van der Waals surface area contributed by atoms with Gasteiger partial charge in [-0.1, -0.05) is 25.9 Å². The Morgan fingerprint density at radius 3 is 2.70 bits per heavy atom. The summed E-state index contributed by atoms with van der Waals surface area (Å²) in [5.74, 6) is 3.04. The molecular weight excluding hydrogens is 270 g/mol. The van der Waals surface area contributed by atoms with Gasteiger partial charge in [-0.3, -0.25) is 0 Å². The predicted molar refractivity (Wildman–Crippen MR) is 84.0 cm³/mol. The van der Waals surface area contributed by atoms with Crippen molar-refractivity contribution >= 4 is 11.8 Å². The van der Waals surface area contributed by atoms with E-state index >= 15 is 0 Å². The van der Waals surface area contributed by atoms with Crippen LogP contribution in [-0.4, -0.2) is 28.0 Å². The monoisotopic (exact) mass is 297 g/mol. The molecule has 20 heavy (non-hydrogen) atoms. The molecule has 0 spiro atoms. The topological polar surface area (TPSA) is 51.0 Å². The lowest BCUT2D eigenvalue weighted by atomic mass is 9.86. The van der Waals surface area contributed by atoms with Crippen molar-refractivity contribution in [1.29, 1.82) is 0 Å². The summed E-state index contributed by atoms with van der Waals surface area (Å²) in [4.78, 5) is 4.57. The molecule has 1 aliphatic carbocycles. The first-order valence-electron chi connectivity index (χ1n) is 7.86. The van der Waals surface area contributed by atoms with Gasteiger partial charge in [0.25, 0.3) is 0 Å². The van der Waals surface area contributed by atoms with Crippen molar-refractivity contribution in [3.8, 4) is 0 Å². The highest BCUT2D eigenvalue weighted by atomic mass is 32.2. The maximum Gasteiger partial charge on any atom is 0.229 e. The van der Waals surface area contributed by atoms with E-state index in [1.165, 1.54) is 32.1 Å². The second kappa shape index (κ2) is 8.03. The molecule has 0 amide bonds. The van der Waals surface area contributed by atoms with Gasteiger partial charge in [-0.05, 0) is 43.9 Å². The van der Waals surface area contributed by atoms with Crippen LogP contribution in [-0.2, 0) is 5.75 Å². The zero-order valence-electron chi connectivity index (χ0n) is 12.9. The summed E-state index contributed by atoms with van der Waals surface area (Å²) in [6.07, 6.45) is 5.99. The normalized spacial score (nSPS) is 23.4. The minimum Gasteiger partial charge on any atom is -0.339 e. The fourth-order valence-electron chi connectivity index (χ4n) is 2.63. The van der Waals surface area contributed by atoms with Crippen LogP contribution in [0, 0.1) is 0 Å². The number of rotatable bonds is 7. The third-order valence-corrected chi connectivity index (χ3v) is 4.88. The van der Waals surface area contributed by atoms with Crippen LogP contribution in [0.25, 0.3) is 0 Å². The van der Waals surface area contributed by atoms with Crippen molar-refractivity contribution in [3.05, 3.63) is 11.7 Å². The highest BCUT2D eigenvalue weighted by molar-refractivity contribution is 7.99. The molecule has 1 aromatic heterocycles. The molecular formula is C15H27N3OS. The zero-order valence-corrected chi connectivity index (χ0v) is 13.7. The highest BCUT2D eigenvalue weighted by Gasteiger charge is 2.26. The van der Waals surface area contributed by atoms with E-state index in [-0.39, 0.29) is 0 Å². The van der Waals surface area contributed by atoms with Crippen LogP contribution in [0.5, 0.6) is 0 Å². The van der Waals surface area contributed by atoms with Crippen molar-refractivity contribution in [2.75, 3.05) is 6.54 Å². The number of hydrogen-bond acceptors (Lipinski definition) is 5. The maximum absolute atomic E-state index is 5.46. The molecule has 1 N–H and O–H groups in total. The van der Waals surface area contributed by atoms with Crippen LogP contribution < -0.4 is 5.32 Å². The third-order valence-electron chi connectivity index (χ3n) is 3.79. The van der Waals surface area contributed by atoms with Gasteiger partial charge < -0.3 is 9.84 Å². The zero-order chi connectivity index (χ0) is 14.4. The summed E-state index contributed by atoms with van der Waals surface area (Å²) in [5, 5.41) is 8.33. The molecule has 1 aliphatic rings. The average molecular weight is 297 g/mol. The predicted octanol–water partition coefficient (Wildman–Crippen LogP) is 3.74. The summed E-state index contributed by atoms with van der Waals surface area (Å²) in [6, 6.07) is 0.685. The minimum absolute atomic E-state index is 0.472. The van der Waals surface area contributed by atoms with Crippen molar-refractivity contribution in [3.63, 3.8) is 0 Å². The fourth-order valence-corrected chi connectivity index (χ4v) is 3.23. The van der Waals surface area contributed by atoms with Gasteiger partial charge in [0, 0.05) is 12.0 Å². The van der Waals surface area contributed by atoms with E-state index in [0.717, 1.165) is 24.0 Å². The Labute approximate surface area is 126 Å². The van der Waals surface area contributed by atoms with Crippen molar-refractivity contribution in [1.82, 2.24) is 15.5 Å². The van der Waals surface area contributed by atoms with E-state index in [1.807, 2.05) is 11.8 Å². The molecule has 5 heteroatoms.